The van der Waals surface area contributed by atoms with Crippen LogP contribution in [0.2, 0.25) is 0 Å². The minimum absolute atomic E-state index is 0.0776. The molecule has 3 heteroatoms. The summed E-state index contributed by atoms with van der Waals surface area (Å²) in [7, 11) is 0. The number of nitrogens with zero attached hydrogens (tertiary/aromatic N) is 2. The molecular formula is C19H24N2O. The number of hydrogen-bond donors (Lipinski definition) is 0. The molecule has 0 aliphatic heterocycles. The molecule has 0 spiro atoms. The number of fused-ring (bicyclic) bond motifs is 1. The van der Waals surface area contributed by atoms with Crippen molar-refractivity contribution < 1.29 is 0 Å². The van der Waals surface area contributed by atoms with E-state index in [-0.39, 0.29) is 5.43 Å². The van der Waals surface area contributed by atoms with E-state index < -0.39 is 0 Å². The van der Waals surface area contributed by atoms with Gasteiger partial charge in [-0.1, -0.05) is 39.1 Å². The van der Waals surface area contributed by atoms with Crippen LogP contribution >= 0.6 is 0 Å². The van der Waals surface area contributed by atoms with Gasteiger partial charge in [-0.15, -0.1) is 0 Å². The second-order valence-corrected chi connectivity index (χ2v) is 4.83. The topological polar surface area (TPSA) is 34.4 Å². The molecule has 2 rings (SSSR count). The molecule has 0 amide bonds. The lowest BCUT2D eigenvalue weighted by atomic mass is 10.1. The van der Waals surface area contributed by atoms with Crippen molar-refractivity contribution in [2.75, 3.05) is 0 Å². The van der Waals surface area contributed by atoms with E-state index in [1.807, 2.05) is 62.7 Å². The fourth-order valence-corrected chi connectivity index (χ4v) is 2.19. The Bertz CT molecular complexity index is 767. The monoisotopic (exact) mass is 296 g/mol. The third kappa shape index (κ3) is 4.04. The van der Waals surface area contributed by atoms with E-state index in [0.29, 0.717) is 6.54 Å². The summed E-state index contributed by atoms with van der Waals surface area (Å²) >= 11 is 0. The maximum absolute atomic E-state index is 12.1. The second kappa shape index (κ2) is 8.13. The SMILES string of the molecule is C=CC(Cn1cc(C)c(=O)c2ccccc21)=NC(=C)C.CC. The number of para-hydroxylation sites is 1. The van der Waals surface area contributed by atoms with E-state index in [1.54, 1.807) is 6.08 Å². The van der Waals surface area contributed by atoms with Gasteiger partial charge in [-0.25, -0.2) is 0 Å². The van der Waals surface area contributed by atoms with Crippen molar-refractivity contribution in [3.05, 3.63) is 71.2 Å². The molecule has 22 heavy (non-hydrogen) atoms. The molecule has 1 heterocycles. The molecule has 0 bridgehead atoms. The Balaban J connectivity index is 0.00000116. The van der Waals surface area contributed by atoms with E-state index in [9.17, 15) is 4.79 Å². The van der Waals surface area contributed by atoms with Crippen LogP contribution in [-0.2, 0) is 6.54 Å². The Labute approximate surface area is 132 Å². The minimum Gasteiger partial charge on any atom is -0.341 e. The molecule has 0 saturated carbocycles. The number of allylic oxidation sites excluding steroid dienone is 2. The second-order valence-electron chi connectivity index (χ2n) is 4.83. The van der Waals surface area contributed by atoms with Crippen LogP contribution < -0.4 is 5.43 Å². The van der Waals surface area contributed by atoms with Crippen molar-refractivity contribution in [3.8, 4) is 0 Å². The van der Waals surface area contributed by atoms with Crippen molar-refractivity contribution in [2.24, 2.45) is 4.99 Å². The van der Waals surface area contributed by atoms with Gasteiger partial charge < -0.3 is 4.57 Å². The molecule has 0 saturated heterocycles. The first-order chi connectivity index (χ1) is 10.5. The maximum atomic E-state index is 12.1. The number of hydrogen-bond acceptors (Lipinski definition) is 2. The minimum atomic E-state index is 0.0776. The molecule has 1 aromatic carbocycles. The zero-order valence-corrected chi connectivity index (χ0v) is 13.9. The fraction of sp³-hybridized carbons (Fsp3) is 0.263. The number of pyridine rings is 1. The highest BCUT2D eigenvalue weighted by Gasteiger charge is 2.06. The Morgan fingerprint density at radius 1 is 1.32 bits per heavy atom. The molecule has 0 aliphatic rings. The maximum Gasteiger partial charge on any atom is 0.192 e. The van der Waals surface area contributed by atoms with Crippen LogP contribution in [0.25, 0.3) is 10.9 Å². The van der Waals surface area contributed by atoms with Crippen molar-refractivity contribution >= 4 is 16.6 Å². The van der Waals surface area contributed by atoms with Gasteiger partial charge in [0, 0.05) is 22.8 Å². The van der Waals surface area contributed by atoms with Gasteiger partial charge in [0.1, 0.15) is 0 Å². The Kier molecular flexibility index (Phi) is 6.51. The van der Waals surface area contributed by atoms with Gasteiger partial charge in [0.05, 0.1) is 17.8 Å². The summed E-state index contributed by atoms with van der Waals surface area (Å²) in [5.74, 6) is 0. The number of benzene rings is 1. The van der Waals surface area contributed by atoms with Gasteiger partial charge in [-0.2, -0.15) is 0 Å². The normalized spacial score (nSPS) is 10.8. The lowest BCUT2D eigenvalue weighted by molar-refractivity contribution is 0.875. The molecule has 0 aliphatic carbocycles. The number of aromatic nitrogens is 1. The summed E-state index contributed by atoms with van der Waals surface area (Å²) in [5.41, 5.74) is 3.27. The average Bonchev–Trinajstić information content (AvgIpc) is 2.53. The van der Waals surface area contributed by atoms with Crippen LogP contribution in [0.5, 0.6) is 0 Å². The molecule has 1 aromatic heterocycles. The highest BCUT2D eigenvalue weighted by Crippen LogP contribution is 2.12. The summed E-state index contributed by atoms with van der Waals surface area (Å²) in [6, 6.07) is 7.60. The highest BCUT2D eigenvalue weighted by atomic mass is 16.1. The summed E-state index contributed by atoms with van der Waals surface area (Å²) < 4.78 is 2.02. The molecule has 0 atom stereocenters. The van der Waals surface area contributed by atoms with Crippen LogP contribution in [0, 0.1) is 6.92 Å². The molecule has 0 N–H and O–H groups in total. The first kappa shape index (κ1) is 17.6. The largest absolute Gasteiger partial charge is 0.341 e. The molecular weight excluding hydrogens is 272 g/mol. The number of aliphatic imine (C=N–C) groups is 1. The first-order valence-electron chi connectivity index (χ1n) is 7.47. The molecule has 116 valence electrons. The van der Waals surface area contributed by atoms with E-state index in [1.165, 1.54) is 0 Å². The molecule has 2 aromatic rings. The number of aryl methyl sites for hydroxylation is 1. The van der Waals surface area contributed by atoms with Crippen molar-refractivity contribution in [3.63, 3.8) is 0 Å². The van der Waals surface area contributed by atoms with Gasteiger partial charge in [-0.3, -0.25) is 9.79 Å². The molecule has 0 radical (unpaired) electrons. The van der Waals surface area contributed by atoms with E-state index in [4.69, 9.17) is 0 Å². The summed E-state index contributed by atoms with van der Waals surface area (Å²) in [6.45, 7) is 15.8. The zero-order valence-electron chi connectivity index (χ0n) is 13.9. The van der Waals surface area contributed by atoms with Crippen molar-refractivity contribution in [2.45, 2.75) is 34.2 Å². The lowest BCUT2D eigenvalue weighted by Gasteiger charge is -2.12. The van der Waals surface area contributed by atoms with Crippen molar-refractivity contribution in [1.82, 2.24) is 4.57 Å². The van der Waals surface area contributed by atoms with Crippen LogP contribution in [0.15, 0.2) is 65.2 Å². The molecule has 3 nitrogen and oxygen atoms in total. The van der Waals surface area contributed by atoms with Crippen molar-refractivity contribution in [1.29, 1.82) is 0 Å². The highest BCUT2D eigenvalue weighted by molar-refractivity contribution is 5.95. The van der Waals surface area contributed by atoms with E-state index in [2.05, 4.69) is 18.2 Å². The van der Waals surface area contributed by atoms with Gasteiger partial charge in [0.25, 0.3) is 0 Å². The smallest absolute Gasteiger partial charge is 0.192 e. The van der Waals surface area contributed by atoms with Gasteiger partial charge in [-0.05, 0) is 32.1 Å². The summed E-state index contributed by atoms with van der Waals surface area (Å²) in [6.07, 6.45) is 3.58. The predicted octanol–water partition coefficient (Wildman–Crippen LogP) is 4.50. The Morgan fingerprint density at radius 3 is 2.55 bits per heavy atom. The first-order valence-corrected chi connectivity index (χ1v) is 7.47. The van der Waals surface area contributed by atoms with Crippen LogP contribution in [0.4, 0.5) is 0 Å². The van der Waals surface area contributed by atoms with E-state index >= 15 is 0 Å². The van der Waals surface area contributed by atoms with Gasteiger partial charge in [0.2, 0.25) is 0 Å². The third-order valence-corrected chi connectivity index (χ3v) is 3.07. The van der Waals surface area contributed by atoms with Crippen LogP contribution in [0.3, 0.4) is 0 Å². The van der Waals surface area contributed by atoms with Gasteiger partial charge >= 0.3 is 0 Å². The Hall–Kier alpha value is -2.42. The summed E-state index contributed by atoms with van der Waals surface area (Å²) in [5, 5.41) is 0.728. The quantitative estimate of drug-likeness (QED) is 0.765. The summed E-state index contributed by atoms with van der Waals surface area (Å²) in [4.78, 5) is 16.5. The lowest BCUT2D eigenvalue weighted by Crippen LogP contribution is -2.15. The standard InChI is InChI=1S/C17H18N2O.C2H6/c1-5-14(18-12(2)3)11-19-10-13(4)17(20)15-8-6-7-9-16(15)19;1-2/h5-10H,1-2,11H2,3-4H3;1-2H3. The Morgan fingerprint density at radius 2 is 1.95 bits per heavy atom. The molecule has 0 fully saturated rings. The average molecular weight is 296 g/mol. The van der Waals surface area contributed by atoms with E-state index in [0.717, 1.165) is 27.9 Å². The molecule has 0 unspecified atom stereocenters. The van der Waals surface area contributed by atoms with Gasteiger partial charge in [0.15, 0.2) is 5.43 Å². The zero-order chi connectivity index (χ0) is 16.7. The van der Waals surface area contributed by atoms with Crippen LogP contribution in [0.1, 0.15) is 26.3 Å². The third-order valence-electron chi connectivity index (χ3n) is 3.07. The fourth-order valence-electron chi connectivity index (χ4n) is 2.19. The number of rotatable bonds is 4. The predicted molar refractivity (Wildman–Crippen MR) is 96.7 cm³/mol. The van der Waals surface area contributed by atoms with Crippen LogP contribution in [-0.4, -0.2) is 10.3 Å².